The van der Waals surface area contributed by atoms with Crippen LogP contribution in [0.15, 0.2) is 24.4 Å². The van der Waals surface area contributed by atoms with Crippen LogP contribution in [0.25, 0.3) is 0 Å². The molecule has 0 spiro atoms. The van der Waals surface area contributed by atoms with Gasteiger partial charge in [-0.05, 0) is 18.9 Å². The van der Waals surface area contributed by atoms with Crippen molar-refractivity contribution in [1.82, 2.24) is 4.98 Å². The van der Waals surface area contributed by atoms with Crippen molar-refractivity contribution in [2.75, 3.05) is 11.9 Å². The predicted octanol–water partition coefficient (Wildman–Crippen LogP) is 0.583. The molecule has 0 aliphatic heterocycles. The first-order valence-corrected chi connectivity index (χ1v) is 2.87. The molecule has 0 aliphatic carbocycles. The van der Waals surface area contributed by atoms with E-state index in [2.05, 4.69) is 4.98 Å². The summed E-state index contributed by atoms with van der Waals surface area (Å²) in [6, 6.07) is 5.35. The molecular formula is C7H7N2OY+2. The van der Waals surface area contributed by atoms with Crippen LogP contribution in [0, 0.1) is 0 Å². The van der Waals surface area contributed by atoms with E-state index in [9.17, 15) is 4.79 Å². The van der Waals surface area contributed by atoms with Gasteiger partial charge < -0.3 is 14.7 Å². The summed E-state index contributed by atoms with van der Waals surface area (Å²) in [5, 5.41) is 0. The molecular weight excluding hydrogens is 217 g/mol. The summed E-state index contributed by atoms with van der Waals surface area (Å²) in [4.78, 5) is 15.3. The fraction of sp³-hybridized carbons (Fsp3) is 0.143. The molecule has 1 aromatic rings. The molecule has 0 aliphatic rings. The van der Waals surface area contributed by atoms with Crippen LogP contribution in [0.4, 0.5) is 5.82 Å². The molecule has 0 N–H and O–H groups in total. The molecule has 1 aromatic heterocycles. The van der Waals surface area contributed by atoms with E-state index in [0.29, 0.717) is 5.82 Å². The molecule has 0 saturated heterocycles. The van der Waals surface area contributed by atoms with Crippen LogP contribution in [-0.4, -0.2) is 18.4 Å². The van der Waals surface area contributed by atoms with Gasteiger partial charge in [-0.15, -0.1) is 6.07 Å². The Labute approximate surface area is 90.7 Å². The maximum atomic E-state index is 10.1. The van der Waals surface area contributed by atoms with Gasteiger partial charge in [0.05, 0.1) is 6.41 Å². The zero-order chi connectivity index (χ0) is 7.40. The van der Waals surface area contributed by atoms with E-state index in [4.69, 9.17) is 0 Å². The minimum atomic E-state index is 0. The van der Waals surface area contributed by atoms with Crippen molar-refractivity contribution in [3.63, 3.8) is 0 Å². The molecule has 0 unspecified atom stereocenters. The number of rotatable bonds is 2. The second kappa shape index (κ2) is 5.38. The van der Waals surface area contributed by atoms with Crippen LogP contribution in [-0.2, 0) is 37.5 Å². The molecule has 0 radical (unpaired) electrons. The first kappa shape index (κ1) is 10.7. The molecule has 0 bridgehead atoms. The molecule has 4 heteroatoms. The van der Waals surface area contributed by atoms with Gasteiger partial charge in [0.15, 0.2) is 0 Å². The Balaban J connectivity index is 0.000001000. The maximum Gasteiger partial charge on any atom is 3.00 e. The van der Waals surface area contributed by atoms with E-state index in [1.807, 2.05) is 6.07 Å². The Morgan fingerprint density at radius 2 is 2.27 bits per heavy atom. The van der Waals surface area contributed by atoms with Crippen molar-refractivity contribution in [3.8, 4) is 0 Å². The molecule has 52 valence electrons. The zero-order valence-corrected chi connectivity index (χ0v) is 9.03. The van der Waals surface area contributed by atoms with E-state index in [0.717, 1.165) is 0 Å². The van der Waals surface area contributed by atoms with Gasteiger partial charge in [0, 0.05) is 6.20 Å². The quantitative estimate of drug-likeness (QED) is 0.543. The Kier molecular flexibility index (Phi) is 5.25. The van der Waals surface area contributed by atoms with Crippen LogP contribution < -0.4 is 4.90 Å². The van der Waals surface area contributed by atoms with Gasteiger partial charge in [0.2, 0.25) is 0 Å². The molecule has 1 rings (SSSR count). The normalized spacial score (nSPS) is 8.09. The Morgan fingerprint density at radius 3 is 2.73 bits per heavy atom. The van der Waals surface area contributed by atoms with E-state index in [1.54, 1.807) is 31.8 Å². The summed E-state index contributed by atoms with van der Waals surface area (Å²) in [6.07, 6.45) is 3.33. The van der Waals surface area contributed by atoms with Crippen LogP contribution in [0.2, 0.25) is 0 Å². The smallest absolute Gasteiger partial charge is 0.465 e. The minimum Gasteiger partial charge on any atom is -0.465 e. The Hall–Kier alpha value is -0.276. The average molecular weight is 224 g/mol. The second-order valence-electron chi connectivity index (χ2n) is 1.84. The van der Waals surface area contributed by atoms with Gasteiger partial charge in [-0.1, -0.05) is 6.07 Å². The molecule has 1 amide bonds. The number of amides is 1. The van der Waals surface area contributed by atoms with Crippen molar-refractivity contribution < 1.29 is 37.5 Å². The molecule has 11 heavy (non-hydrogen) atoms. The minimum absolute atomic E-state index is 0. The number of aromatic nitrogens is 1. The molecule has 3 nitrogen and oxygen atoms in total. The van der Waals surface area contributed by atoms with Crippen molar-refractivity contribution in [3.05, 3.63) is 24.4 Å². The largest absolute Gasteiger partial charge is 3.00 e. The first-order chi connectivity index (χ1) is 4.84. The Bertz CT molecular complexity index is 215. The third kappa shape index (κ3) is 3.08. The van der Waals surface area contributed by atoms with Gasteiger partial charge in [-0.3, -0.25) is 0 Å². The number of hydrogen-bond acceptors (Lipinski definition) is 2. The zero-order valence-electron chi connectivity index (χ0n) is 6.19. The standard InChI is InChI=1S/C7H7N2O.Y/c1-9(6-10)7-4-2-3-5-8-7;/h2-5H,1H3;/q-1;+3. The van der Waals surface area contributed by atoms with E-state index in [1.165, 1.54) is 4.90 Å². The first-order valence-electron chi connectivity index (χ1n) is 2.87. The number of carbonyl (C=O) groups excluding carboxylic acids is 1. The summed E-state index contributed by atoms with van der Waals surface area (Å²) >= 11 is 0. The van der Waals surface area contributed by atoms with Crippen molar-refractivity contribution in [1.29, 1.82) is 0 Å². The van der Waals surface area contributed by atoms with Crippen LogP contribution in [0.5, 0.6) is 0 Å². The number of anilines is 1. The van der Waals surface area contributed by atoms with Gasteiger partial charge in [-0.25, -0.2) is 0 Å². The number of pyridine rings is 1. The van der Waals surface area contributed by atoms with Crippen molar-refractivity contribution in [2.24, 2.45) is 0 Å². The summed E-state index contributed by atoms with van der Waals surface area (Å²) < 4.78 is 0. The monoisotopic (exact) mass is 224 g/mol. The fourth-order valence-electron chi connectivity index (χ4n) is 0.599. The SMILES string of the molecule is CN([C-]=O)c1ccccn1.[Y+3]. The van der Waals surface area contributed by atoms with E-state index in [-0.39, 0.29) is 32.7 Å². The van der Waals surface area contributed by atoms with Crippen LogP contribution >= 0.6 is 0 Å². The average Bonchev–Trinajstić information content (AvgIpc) is 2.05. The molecule has 0 aromatic carbocycles. The molecule has 1 heterocycles. The summed E-state index contributed by atoms with van der Waals surface area (Å²) in [6.45, 7) is 0. The third-order valence-electron chi connectivity index (χ3n) is 1.13. The summed E-state index contributed by atoms with van der Waals surface area (Å²) in [5.74, 6) is 0.609. The van der Waals surface area contributed by atoms with Crippen LogP contribution in [0.1, 0.15) is 0 Å². The Morgan fingerprint density at radius 1 is 1.55 bits per heavy atom. The van der Waals surface area contributed by atoms with Gasteiger partial charge >= 0.3 is 32.7 Å². The van der Waals surface area contributed by atoms with Gasteiger partial charge in [0.1, 0.15) is 0 Å². The maximum absolute atomic E-state index is 10.1. The van der Waals surface area contributed by atoms with E-state index < -0.39 is 0 Å². The second-order valence-corrected chi connectivity index (χ2v) is 1.84. The summed E-state index contributed by atoms with van der Waals surface area (Å²) in [5.41, 5.74) is 0. The molecule has 0 saturated carbocycles. The topological polar surface area (TPSA) is 33.2 Å². The third-order valence-corrected chi connectivity index (χ3v) is 1.13. The van der Waals surface area contributed by atoms with E-state index >= 15 is 0 Å². The fourth-order valence-corrected chi connectivity index (χ4v) is 0.599. The predicted molar refractivity (Wildman–Crippen MR) is 38.3 cm³/mol. The number of hydrogen-bond donors (Lipinski definition) is 0. The van der Waals surface area contributed by atoms with Crippen molar-refractivity contribution in [2.45, 2.75) is 0 Å². The molecule has 0 fully saturated rings. The van der Waals surface area contributed by atoms with Gasteiger partial charge in [-0.2, -0.15) is 0 Å². The van der Waals surface area contributed by atoms with Crippen LogP contribution in [0.3, 0.4) is 0 Å². The summed E-state index contributed by atoms with van der Waals surface area (Å²) in [7, 11) is 1.61. The molecule has 0 atom stereocenters. The van der Waals surface area contributed by atoms with Crippen molar-refractivity contribution >= 4 is 12.2 Å². The van der Waals surface area contributed by atoms with Gasteiger partial charge in [0.25, 0.3) is 0 Å². The number of nitrogens with zero attached hydrogens (tertiary/aromatic N) is 2.